The zero-order valence-electron chi connectivity index (χ0n) is 11.3. The van der Waals surface area contributed by atoms with Gasteiger partial charge in [-0.15, -0.1) is 0 Å². The summed E-state index contributed by atoms with van der Waals surface area (Å²) in [7, 11) is 0. The molecular formula is C15H26O2. The van der Waals surface area contributed by atoms with Gasteiger partial charge in [-0.2, -0.15) is 0 Å². The lowest BCUT2D eigenvalue weighted by Crippen LogP contribution is -2.18. The molecule has 0 aromatic carbocycles. The minimum absolute atomic E-state index is 0.538. The molecule has 1 fully saturated rings. The van der Waals surface area contributed by atoms with Gasteiger partial charge in [0.25, 0.3) is 0 Å². The normalized spacial score (nSPS) is 26.7. The average Bonchev–Trinajstić information content (AvgIpc) is 3.13. The first-order valence-corrected chi connectivity index (χ1v) is 7.09. The Bertz CT molecular complexity index is 256. The van der Waals surface area contributed by atoms with Crippen LogP contribution in [0.1, 0.15) is 46.0 Å². The summed E-state index contributed by atoms with van der Waals surface area (Å²) in [6.45, 7) is 7.10. The van der Waals surface area contributed by atoms with Crippen molar-refractivity contribution in [3.05, 3.63) is 11.6 Å². The lowest BCUT2D eigenvalue weighted by atomic mass is 9.91. The van der Waals surface area contributed by atoms with Crippen LogP contribution in [0.2, 0.25) is 0 Å². The van der Waals surface area contributed by atoms with E-state index in [0.29, 0.717) is 12.0 Å². The molecule has 2 nitrogen and oxygen atoms in total. The summed E-state index contributed by atoms with van der Waals surface area (Å²) in [6, 6.07) is 0. The van der Waals surface area contributed by atoms with Crippen molar-refractivity contribution in [1.82, 2.24) is 0 Å². The number of rotatable bonds is 7. The zero-order chi connectivity index (χ0) is 12.1. The van der Waals surface area contributed by atoms with Gasteiger partial charge in [-0.25, -0.2) is 0 Å². The van der Waals surface area contributed by atoms with Crippen LogP contribution in [0.4, 0.5) is 0 Å². The van der Waals surface area contributed by atoms with E-state index in [9.17, 15) is 0 Å². The summed E-state index contributed by atoms with van der Waals surface area (Å²) in [4.78, 5) is 0. The van der Waals surface area contributed by atoms with Crippen molar-refractivity contribution >= 4 is 0 Å². The van der Waals surface area contributed by atoms with E-state index in [1.807, 2.05) is 0 Å². The molecule has 2 atom stereocenters. The fraction of sp³-hybridized carbons (Fsp3) is 0.867. The third-order valence-corrected chi connectivity index (χ3v) is 3.64. The van der Waals surface area contributed by atoms with Crippen molar-refractivity contribution in [3.63, 3.8) is 0 Å². The van der Waals surface area contributed by atoms with Crippen LogP contribution in [0.3, 0.4) is 0 Å². The highest BCUT2D eigenvalue weighted by Crippen LogP contribution is 2.25. The zero-order valence-corrected chi connectivity index (χ0v) is 11.3. The molecule has 2 unspecified atom stereocenters. The summed E-state index contributed by atoms with van der Waals surface area (Å²) >= 11 is 0. The highest BCUT2D eigenvalue weighted by atomic mass is 16.5. The van der Waals surface area contributed by atoms with E-state index < -0.39 is 0 Å². The van der Waals surface area contributed by atoms with Gasteiger partial charge >= 0.3 is 0 Å². The van der Waals surface area contributed by atoms with Crippen molar-refractivity contribution < 1.29 is 9.47 Å². The van der Waals surface area contributed by atoms with Crippen LogP contribution >= 0.6 is 0 Å². The van der Waals surface area contributed by atoms with Gasteiger partial charge in [-0.05, 0) is 44.9 Å². The summed E-state index contributed by atoms with van der Waals surface area (Å²) < 4.78 is 11.5. The summed E-state index contributed by atoms with van der Waals surface area (Å²) in [5.41, 5.74) is 1.55. The highest BCUT2D eigenvalue weighted by Gasteiger charge is 2.22. The monoisotopic (exact) mass is 238 g/mol. The smallest absolute Gasteiger partial charge is 0.0577 e. The summed E-state index contributed by atoms with van der Waals surface area (Å²) in [5.74, 6) is 1.28. The van der Waals surface area contributed by atoms with Gasteiger partial charge in [0.15, 0.2) is 0 Å². The van der Waals surface area contributed by atoms with Gasteiger partial charge in [0.1, 0.15) is 0 Å². The quantitative estimate of drug-likeness (QED) is 0.631. The second-order valence-corrected chi connectivity index (χ2v) is 5.87. The first-order valence-electron chi connectivity index (χ1n) is 7.09. The van der Waals surface area contributed by atoms with Gasteiger partial charge in [0.2, 0.25) is 0 Å². The maximum Gasteiger partial charge on any atom is 0.0577 e. The van der Waals surface area contributed by atoms with E-state index in [0.717, 1.165) is 25.7 Å². The first kappa shape index (κ1) is 13.1. The Labute approximate surface area is 105 Å². The third kappa shape index (κ3) is 5.22. The minimum atomic E-state index is 0.538. The lowest BCUT2D eigenvalue weighted by molar-refractivity contribution is 0.0262. The Morgan fingerprint density at radius 2 is 2.12 bits per heavy atom. The SMILES string of the molecule is CC1=CCC(COCC(C)COC2CC2)CC1. The fourth-order valence-corrected chi connectivity index (χ4v) is 2.19. The molecule has 2 heteroatoms. The molecule has 0 amide bonds. The second-order valence-electron chi connectivity index (χ2n) is 5.87. The van der Waals surface area contributed by atoms with E-state index in [4.69, 9.17) is 9.47 Å². The molecule has 0 aromatic heterocycles. The maximum atomic E-state index is 5.81. The number of allylic oxidation sites excluding steroid dienone is 2. The number of hydrogen-bond acceptors (Lipinski definition) is 2. The Morgan fingerprint density at radius 3 is 2.76 bits per heavy atom. The Hall–Kier alpha value is -0.340. The molecule has 0 aromatic rings. The van der Waals surface area contributed by atoms with Gasteiger partial charge in [0, 0.05) is 12.5 Å². The van der Waals surface area contributed by atoms with Crippen LogP contribution in [0.5, 0.6) is 0 Å². The molecule has 0 radical (unpaired) electrons. The molecule has 2 aliphatic carbocycles. The van der Waals surface area contributed by atoms with Gasteiger partial charge in [-0.1, -0.05) is 18.6 Å². The summed E-state index contributed by atoms with van der Waals surface area (Å²) in [5, 5.41) is 0. The topological polar surface area (TPSA) is 18.5 Å². The second kappa shape index (κ2) is 6.55. The van der Waals surface area contributed by atoms with Gasteiger partial charge < -0.3 is 9.47 Å². The molecule has 0 spiro atoms. The van der Waals surface area contributed by atoms with Crippen LogP contribution in [0.15, 0.2) is 11.6 Å². The van der Waals surface area contributed by atoms with Crippen molar-refractivity contribution in [2.75, 3.05) is 19.8 Å². The third-order valence-electron chi connectivity index (χ3n) is 3.64. The van der Waals surface area contributed by atoms with Crippen molar-refractivity contribution in [2.45, 2.75) is 52.1 Å². The molecule has 2 rings (SSSR count). The van der Waals surface area contributed by atoms with Gasteiger partial charge in [-0.3, -0.25) is 0 Å². The Kier molecular flexibility index (Phi) is 5.05. The molecule has 0 heterocycles. The van der Waals surface area contributed by atoms with Gasteiger partial charge in [0.05, 0.1) is 19.3 Å². The number of hydrogen-bond donors (Lipinski definition) is 0. The maximum absolute atomic E-state index is 5.81. The van der Waals surface area contributed by atoms with Crippen molar-refractivity contribution in [2.24, 2.45) is 11.8 Å². The van der Waals surface area contributed by atoms with E-state index in [-0.39, 0.29) is 0 Å². The molecule has 2 aliphatic rings. The van der Waals surface area contributed by atoms with Crippen LogP contribution in [-0.4, -0.2) is 25.9 Å². The van der Waals surface area contributed by atoms with Crippen LogP contribution in [0, 0.1) is 11.8 Å². The average molecular weight is 238 g/mol. The first-order chi connectivity index (χ1) is 8.24. The highest BCUT2D eigenvalue weighted by molar-refractivity contribution is 5.02. The molecule has 0 bridgehead atoms. The van der Waals surface area contributed by atoms with Crippen LogP contribution in [-0.2, 0) is 9.47 Å². The standard InChI is InChI=1S/C15H26O2/c1-12-3-5-14(6-4-12)11-16-9-13(2)10-17-15-7-8-15/h3,13-15H,4-11H2,1-2H3. The van der Waals surface area contributed by atoms with Crippen molar-refractivity contribution in [1.29, 1.82) is 0 Å². The molecule has 1 saturated carbocycles. The molecule has 0 N–H and O–H groups in total. The summed E-state index contributed by atoms with van der Waals surface area (Å²) in [6.07, 6.45) is 9.24. The Balaban J connectivity index is 1.49. The minimum Gasteiger partial charge on any atom is -0.381 e. The lowest BCUT2D eigenvalue weighted by Gasteiger charge is -2.21. The van der Waals surface area contributed by atoms with Crippen LogP contribution in [0.25, 0.3) is 0 Å². The van der Waals surface area contributed by atoms with E-state index in [2.05, 4.69) is 19.9 Å². The molecule has 0 aliphatic heterocycles. The predicted octanol–water partition coefficient (Wildman–Crippen LogP) is 3.56. The van der Waals surface area contributed by atoms with Crippen molar-refractivity contribution in [3.8, 4) is 0 Å². The van der Waals surface area contributed by atoms with E-state index >= 15 is 0 Å². The predicted molar refractivity (Wildman–Crippen MR) is 70.1 cm³/mol. The van der Waals surface area contributed by atoms with Crippen LogP contribution < -0.4 is 0 Å². The largest absolute Gasteiger partial charge is 0.381 e. The molecule has 98 valence electrons. The Morgan fingerprint density at radius 1 is 1.29 bits per heavy atom. The molecular weight excluding hydrogens is 212 g/mol. The van der Waals surface area contributed by atoms with E-state index in [1.54, 1.807) is 5.57 Å². The van der Waals surface area contributed by atoms with E-state index in [1.165, 1.54) is 32.1 Å². The molecule has 17 heavy (non-hydrogen) atoms. The number of ether oxygens (including phenoxy) is 2. The molecule has 0 saturated heterocycles. The fourth-order valence-electron chi connectivity index (χ4n) is 2.19.